The summed E-state index contributed by atoms with van der Waals surface area (Å²) in [6, 6.07) is 12.0. The van der Waals surface area contributed by atoms with E-state index in [0.29, 0.717) is 12.1 Å². The first-order valence-electron chi connectivity index (χ1n) is 6.12. The molecule has 0 saturated carbocycles. The molecule has 106 valence electrons. The highest BCUT2D eigenvalue weighted by molar-refractivity contribution is 5.21. The van der Waals surface area contributed by atoms with Gasteiger partial charge in [0.05, 0.1) is 5.69 Å². The van der Waals surface area contributed by atoms with Crippen LogP contribution in [0.4, 0.5) is 13.2 Å². The summed E-state index contributed by atoms with van der Waals surface area (Å²) in [6.07, 6.45) is -3.97. The van der Waals surface area contributed by atoms with Gasteiger partial charge in [0.15, 0.2) is 5.69 Å². The molecule has 0 radical (unpaired) electrons. The number of alkyl halides is 3. The van der Waals surface area contributed by atoms with E-state index in [1.807, 2.05) is 30.3 Å². The fourth-order valence-corrected chi connectivity index (χ4v) is 1.90. The standard InChI is InChI=1S/C14H14F3N3/c1-18-12(10-5-3-2-4-6-10)9-11-7-8-13(20-19-11)14(15,16)17/h2-8,12,18H,9H2,1H3. The van der Waals surface area contributed by atoms with Crippen LogP contribution in [0.15, 0.2) is 42.5 Å². The van der Waals surface area contributed by atoms with Crippen molar-refractivity contribution in [3.63, 3.8) is 0 Å². The highest BCUT2D eigenvalue weighted by Crippen LogP contribution is 2.27. The number of likely N-dealkylation sites (N-methyl/N-ethyl adjacent to an activating group) is 1. The number of aromatic nitrogens is 2. The predicted octanol–water partition coefficient (Wildman–Crippen LogP) is 3.00. The Bertz CT molecular complexity index is 538. The summed E-state index contributed by atoms with van der Waals surface area (Å²) in [7, 11) is 1.80. The van der Waals surface area contributed by atoms with Crippen LogP contribution in [0.3, 0.4) is 0 Å². The molecule has 0 aliphatic carbocycles. The summed E-state index contributed by atoms with van der Waals surface area (Å²) in [4.78, 5) is 0. The third-order valence-corrected chi connectivity index (χ3v) is 2.97. The molecule has 0 amide bonds. The van der Waals surface area contributed by atoms with Gasteiger partial charge in [-0.2, -0.15) is 18.3 Å². The maximum absolute atomic E-state index is 12.4. The van der Waals surface area contributed by atoms with E-state index in [2.05, 4.69) is 15.5 Å². The van der Waals surface area contributed by atoms with Crippen LogP contribution in [0.1, 0.15) is 23.0 Å². The van der Waals surface area contributed by atoms with Gasteiger partial charge >= 0.3 is 6.18 Å². The van der Waals surface area contributed by atoms with Crippen molar-refractivity contribution in [3.8, 4) is 0 Å². The molecule has 6 heteroatoms. The van der Waals surface area contributed by atoms with E-state index in [1.165, 1.54) is 6.07 Å². The van der Waals surface area contributed by atoms with Crippen molar-refractivity contribution >= 4 is 0 Å². The molecule has 1 aromatic heterocycles. The number of rotatable bonds is 4. The zero-order chi connectivity index (χ0) is 14.6. The third-order valence-electron chi connectivity index (χ3n) is 2.97. The quantitative estimate of drug-likeness (QED) is 0.936. The Labute approximate surface area is 114 Å². The van der Waals surface area contributed by atoms with Crippen LogP contribution in [0.25, 0.3) is 0 Å². The van der Waals surface area contributed by atoms with Crippen molar-refractivity contribution in [1.82, 2.24) is 15.5 Å². The molecule has 0 spiro atoms. The minimum absolute atomic E-state index is 0.0118. The largest absolute Gasteiger partial charge is 0.435 e. The monoisotopic (exact) mass is 281 g/mol. The second-order valence-electron chi connectivity index (χ2n) is 4.36. The molecule has 1 heterocycles. The summed E-state index contributed by atoms with van der Waals surface area (Å²) < 4.78 is 37.2. The van der Waals surface area contributed by atoms with E-state index in [9.17, 15) is 13.2 Å². The van der Waals surface area contributed by atoms with Crippen LogP contribution in [0, 0.1) is 0 Å². The number of hydrogen-bond acceptors (Lipinski definition) is 3. The van der Waals surface area contributed by atoms with E-state index in [1.54, 1.807) is 7.05 Å². The average molecular weight is 281 g/mol. The number of benzene rings is 1. The van der Waals surface area contributed by atoms with Gasteiger partial charge in [-0.15, -0.1) is 5.10 Å². The third kappa shape index (κ3) is 3.54. The van der Waals surface area contributed by atoms with Crippen molar-refractivity contribution in [1.29, 1.82) is 0 Å². The maximum atomic E-state index is 12.4. The minimum Gasteiger partial charge on any atom is -0.313 e. The molecule has 2 aromatic rings. The van der Waals surface area contributed by atoms with E-state index < -0.39 is 11.9 Å². The summed E-state index contributed by atoms with van der Waals surface area (Å²) in [5, 5.41) is 10.00. The van der Waals surface area contributed by atoms with Gasteiger partial charge in [0.2, 0.25) is 0 Å². The SMILES string of the molecule is CNC(Cc1ccc(C(F)(F)F)nn1)c1ccccc1. The lowest BCUT2D eigenvalue weighted by atomic mass is 10.0. The molecule has 0 aliphatic rings. The molecule has 0 aliphatic heterocycles. The van der Waals surface area contributed by atoms with Crippen LogP contribution in [0.2, 0.25) is 0 Å². The van der Waals surface area contributed by atoms with Crippen LogP contribution in [-0.2, 0) is 12.6 Å². The highest BCUT2D eigenvalue weighted by atomic mass is 19.4. The smallest absolute Gasteiger partial charge is 0.313 e. The lowest BCUT2D eigenvalue weighted by Crippen LogP contribution is -2.20. The second-order valence-corrected chi connectivity index (χ2v) is 4.36. The molecule has 3 nitrogen and oxygen atoms in total. The summed E-state index contributed by atoms with van der Waals surface area (Å²) in [5.74, 6) is 0. The van der Waals surface area contributed by atoms with E-state index in [0.717, 1.165) is 11.6 Å². The van der Waals surface area contributed by atoms with Gasteiger partial charge in [0, 0.05) is 12.5 Å². The minimum atomic E-state index is -4.45. The first-order valence-corrected chi connectivity index (χ1v) is 6.12. The summed E-state index contributed by atoms with van der Waals surface area (Å²) >= 11 is 0. The zero-order valence-corrected chi connectivity index (χ0v) is 10.9. The Balaban J connectivity index is 2.13. The van der Waals surface area contributed by atoms with Crippen LogP contribution in [0.5, 0.6) is 0 Å². The van der Waals surface area contributed by atoms with Gasteiger partial charge in [-0.05, 0) is 24.7 Å². The second kappa shape index (κ2) is 6.00. The number of nitrogens with one attached hydrogen (secondary N) is 1. The molecular formula is C14H14F3N3. The summed E-state index contributed by atoms with van der Waals surface area (Å²) in [6.45, 7) is 0. The van der Waals surface area contributed by atoms with Crippen LogP contribution < -0.4 is 5.32 Å². The topological polar surface area (TPSA) is 37.8 Å². The molecule has 2 rings (SSSR count). The molecule has 1 unspecified atom stereocenters. The maximum Gasteiger partial charge on any atom is 0.435 e. The van der Waals surface area contributed by atoms with Crippen molar-refractivity contribution in [2.24, 2.45) is 0 Å². The van der Waals surface area contributed by atoms with E-state index in [4.69, 9.17) is 0 Å². The molecule has 1 aromatic carbocycles. The van der Waals surface area contributed by atoms with Crippen molar-refractivity contribution in [2.45, 2.75) is 18.6 Å². The lowest BCUT2D eigenvalue weighted by Gasteiger charge is -2.16. The van der Waals surface area contributed by atoms with Crippen LogP contribution in [-0.4, -0.2) is 17.2 Å². The number of halogens is 3. The summed E-state index contributed by atoms with van der Waals surface area (Å²) in [5.41, 5.74) is 0.597. The fourth-order valence-electron chi connectivity index (χ4n) is 1.90. The van der Waals surface area contributed by atoms with Gasteiger partial charge in [0.25, 0.3) is 0 Å². The van der Waals surface area contributed by atoms with E-state index >= 15 is 0 Å². The van der Waals surface area contributed by atoms with Crippen molar-refractivity contribution in [2.75, 3.05) is 7.05 Å². The van der Waals surface area contributed by atoms with Gasteiger partial charge in [-0.25, -0.2) is 0 Å². The fraction of sp³-hybridized carbons (Fsp3) is 0.286. The number of hydrogen-bond donors (Lipinski definition) is 1. The predicted molar refractivity (Wildman–Crippen MR) is 69.0 cm³/mol. The Kier molecular flexibility index (Phi) is 4.34. The number of nitrogens with zero attached hydrogens (tertiary/aromatic N) is 2. The van der Waals surface area contributed by atoms with Gasteiger partial charge in [-0.1, -0.05) is 30.3 Å². The average Bonchev–Trinajstić information content (AvgIpc) is 2.45. The van der Waals surface area contributed by atoms with Crippen molar-refractivity contribution in [3.05, 3.63) is 59.4 Å². The molecule has 0 fully saturated rings. The van der Waals surface area contributed by atoms with E-state index in [-0.39, 0.29) is 6.04 Å². The van der Waals surface area contributed by atoms with Gasteiger partial charge in [-0.3, -0.25) is 0 Å². The first kappa shape index (κ1) is 14.5. The first-order chi connectivity index (χ1) is 9.50. The highest BCUT2D eigenvalue weighted by Gasteiger charge is 2.32. The molecule has 1 N–H and O–H groups in total. The Hall–Kier alpha value is -1.95. The molecule has 0 bridgehead atoms. The lowest BCUT2D eigenvalue weighted by molar-refractivity contribution is -0.141. The Morgan fingerprint density at radius 3 is 2.25 bits per heavy atom. The molecule has 1 atom stereocenters. The Morgan fingerprint density at radius 2 is 1.75 bits per heavy atom. The molecule has 20 heavy (non-hydrogen) atoms. The molecule has 0 saturated heterocycles. The normalized spacial score (nSPS) is 13.2. The zero-order valence-electron chi connectivity index (χ0n) is 10.9. The van der Waals surface area contributed by atoms with Gasteiger partial charge in [0.1, 0.15) is 0 Å². The van der Waals surface area contributed by atoms with Crippen LogP contribution >= 0.6 is 0 Å². The van der Waals surface area contributed by atoms with Gasteiger partial charge < -0.3 is 5.32 Å². The Morgan fingerprint density at radius 1 is 1.05 bits per heavy atom. The molecular weight excluding hydrogens is 267 g/mol. The van der Waals surface area contributed by atoms with Crippen molar-refractivity contribution < 1.29 is 13.2 Å².